The molecule has 3 rings (SSSR count). The first-order chi connectivity index (χ1) is 15.5. The molecule has 0 spiro atoms. The number of hydrogen-bond acceptors (Lipinski definition) is 7. The largest absolute Gasteiger partial charge is 0.507 e. The molecule has 10 nitrogen and oxygen atoms in total. The quantitative estimate of drug-likeness (QED) is 0.458. The Kier molecular flexibility index (Phi) is 6.92. The third-order valence-corrected chi connectivity index (χ3v) is 6.34. The van der Waals surface area contributed by atoms with Gasteiger partial charge in [0.1, 0.15) is 34.6 Å². The van der Waals surface area contributed by atoms with Crippen molar-refractivity contribution in [2.75, 3.05) is 18.4 Å². The number of amides is 1. The van der Waals surface area contributed by atoms with Crippen molar-refractivity contribution in [2.24, 2.45) is 0 Å². The van der Waals surface area contributed by atoms with E-state index < -0.39 is 28.1 Å². The van der Waals surface area contributed by atoms with Crippen LogP contribution in [0.5, 0.6) is 17.2 Å². The first kappa shape index (κ1) is 24.1. The average Bonchev–Trinajstić information content (AvgIpc) is 3.02. The second-order valence-corrected chi connectivity index (χ2v) is 9.31. The highest BCUT2D eigenvalue weighted by molar-refractivity contribution is 7.91. The summed E-state index contributed by atoms with van der Waals surface area (Å²) in [7, 11) is -0.982. The standard InChI is InChI=1S/C22H27N3O7S/c1-4-5-8-18(32-19-9-6-7-17(27)21(19)22(29)24(2)3)14-10-11-16(26)15(12-14)25-13-20(28)23-33(25,30)31/h6-7,9-13,18,23,26-28H,4-5,8H2,1-3H3. The molecule has 0 aromatic heterocycles. The highest BCUT2D eigenvalue weighted by Crippen LogP contribution is 2.38. The van der Waals surface area contributed by atoms with Crippen LogP contribution in [0.4, 0.5) is 5.69 Å². The van der Waals surface area contributed by atoms with Crippen LogP contribution in [0.1, 0.15) is 48.2 Å². The number of aliphatic hydroxyl groups is 1. The number of phenols is 2. The molecular weight excluding hydrogens is 450 g/mol. The number of aromatic hydroxyl groups is 2. The summed E-state index contributed by atoms with van der Waals surface area (Å²) in [5, 5.41) is 30.2. The van der Waals surface area contributed by atoms with Crippen molar-refractivity contribution < 1.29 is 33.3 Å². The van der Waals surface area contributed by atoms with Crippen LogP contribution >= 0.6 is 0 Å². The maximum absolute atomic E-state index is 12.6. The molecule has 0 aliphatic carbocycles. The predicted molar refractivity (Wildman–Crippen MR) is 122 cm³/mol. The fourth-order valence-corrected chi connectivity index (χ4v) is 4.46. The number of anilines is 1. The number of aliphatic hydroxyl groups excluding tert-OH is 1. The Morgan fingerprint density at radius 3 is 2.48 bits per heavy atom. The van der Waals surface area contributed by atoms with Crippen molar-refractivity contribution in [1.29, 1.82) is 0 Å². The second kappa shape index (κ2) is 9.49. The Labute approximate surface area is 192 Å². The minimum atomic E-state index is -4.11. The summed E-state index contributed by atoms with van der Waals surface area (Å²) in [6, 6.07) is 8.90. The van der Waals surface area contributed by atoms with Gasteiger partial charge in [-0.2, -0.15) is 8.42 Å². The summed E-state index contributed by atoms with van der Waals surface area (Å²) in [6.45, 7) is 2.00. The Morgan fingerprint density at radius 2 is 1.88 bits per heavy atom. The molecule has 33 heavy (non-hydrogen) atoms. The number of ether oxygens (including phenoxy) is 1. The Hall–Kier alpha value is -3.60. The molecule has 1 atom stereocenters. The smallest absolute Gasteiger partial charge is 0.330 e. The number of benzene rings is 2. The van der Waals surface area contributed by atoms with Crippen LogP contribution in [0.25, 0.3) is 0 Å². The topological polar surface area (TPSA) is 140 Å². The monoisotopic (exact) mass is 477 g/mol. The normalized spacial score (nSPS) is 15.5. The zero-order valence-electron chi connectivity index (χ0n) is 18.5. The van der Waals surface area contributed by atoms with Gasteiger partial charge in [-0.05, 0) is 42.7 Å². The van der Waals surface area contributed by atoms with Crippen molar-refractivity contribution in [1.82, 2.24) is 9.62 Å². The zero-order chi connectivity index (χ0) is 24.3. The van der Waals surface area contributed by atoms with Crippen LogP contribution < -0.4 is 13.8 Å². The molecule has 2 aromatic rings. The number of nitrogens with zero attached hydrogens (tertiary/aromatic N) is 2. The van der Waals surface area contributed by atoms with Crippen LogP contribution in [0.2, 0.25) is 0 Å². The number of carbonyl (C=O) groups is 1. The molecule has 178 valence electrons. The van der Waals surface area contributed by atoms with Crippen molar-refractivity contribution in [3.63, 3.8) is 0 Å². The van der Waals surface area contributed by atoms with Crippen molar-refractivity contribution in [2.45, 2.75) is 32.3 Å². The molecule has 1 heterocycles. The van der Waals surface area contributed by atoms with E-state index in [4.69, 9.17) is 4.74 Å². The molecule has 1 unspecified atom stereocenters. The molecule has 0 saturated carbocycles. The first-order valence-electron chi connectivity index (χ1n) is 10.3. The summed E-state index contributed by atoms with van der Waals surface area (Å²) < 4.78 is 33.4. The fraction of sp³-hybridized carbons (Fsp3) is 0.318. The van der Waals surface area contributed by atoms with Gasteiger partial charge in [0.25, 0.3) is 5.91 Å². The van der Waals surface area contributed by atoms with Crippen LogP contribution in [-0.4, -0.2) is 48.6 Å². The molecule has 0 saturated heterocycles. The van der Waals surface area contributed by atoms with Gasteiger partial charge in [-0.25, -0.2) is 9.03 Å². The van der Waals surface area contributed by atoms with Crippen LogP contribution in [0, 0.1) is 0 Å². The Morgan fingerprint density at radius 1 is 1.15 bits per heavy atom. The van der Waals surface area contributed by atoms with Gasteiger partial charge in [0.2, 0.25) is 5.88 Å². The number of phenolic OH excluding ortho intramolecular Hbond substituents is 2. The van der Waals surface area contributed by atoms with E-state index in [9.17, 15) is 28.5 Å². The van der Waals surface area contributed by atoms with E-state index in [1.54, 1.807) is 32.3 Å². The van der Waals surface area contributed by atoms with Crippen molar-refractivity contribution >= 4 is 21.8 Å². The third-order valence-electron chi connectivity index (χ3n) is 5.05. The molecular formula is C22H27N3O7S. The van der Waals surface area contributed by atoms with Gasteiger partial charge < -0.3 is 25.0 Å². The van der Waals surface area contributed by atoms with E-state index in [-0.39, 0.29) is 28.5 Å². The van der Waals surface area contributed by atoms with Crippen molar-refractivity contribution in [3.05, 3.63) is 59.6 Å². The van der Waals surface area contributed by atoms with Crippen LogP contribution in [-0.2, 0) is 10.2 Å². The number of unbranched alkanes of at least 4 members (excludes halogenated alkanes) is 1. The summed E-state index contributed by atoms with van der Waals surface area (Å²) in [6.07, 6.45) is 2.48. The molecule has 2 aromatic carbocycles. The number of hydrogen-bond donors (Lipinski definition) is 4. The molecule has 0 fully saturated rings. The third kappa shape index (κ3) is 5.08. The lowest BCUT2D eigenvalue weighted by Gasteiger charge is -2.24. The molecule has 0 bridgehead atoms. The van der Waals surface area contributed by atoms with E-state index >= 15 is 0 Å². The van der Waals surface area contributed by atoms with Crippen LogP contribution in [0.3, 0.4) is 0 Å². The average molecular weight is 478 g/mol. The number of nitrogens with one attached hydrogen (secondary N) is 1. The van der Waals surface area contributed by atoms with Crippen LogP contribution in [0.15, 0.2) is 48.5 Å². The molecule has 11 heteroatoms. The summed E-state index contributed by atoms with van der Waals surface area (Å²) in [5.74, 6) is -1.37. The highest BCUT2D eigenvalue weighted by Gasteiger charge is 2.31. The summed E-state index contributed by atoms with van der Waals surface area (Å²) >= 11 is 0. The molecule has 4 N–H and O–H groups in total. The maximum atomic E-state index is 12.6. The predicted octanol–water partition coefficient (Wildman–Crippen LogP) is 3.12. The number of carbonyl (C=O) groups excluding carboxylic acids is 1. The Bertz CT molecular complexity index is 1180. The lowest BCUT2D eigenvalue weighted by molar-refractivity contribution is 0.0815. The molecule has 1 aliphatic rings. The van der Waals surface area contributed by atoms with Crippen molar-refractivity contribution in [3.8, 4) is 17.2 Å². The van der Waals surface area contributed by atoms with Gasteiger partial charge in [0, 0.05) is 14.1 Å². The van der Waals surface area contributed by atoms with Gasteiger partial charge in [0.15, 0.2) is 0 Å². The molecule has 1 aliphatic heterocycles. The van der Waals surface area contributed by atoms with Gasteiger partial charge >= 0.3 is 10.2 Å². The van der Waals surface area contributed by atoms with E-state index in [1.807, 2.05) is 11.6 Å². The maximum Gasteiger partial charge on any atom is 0.330 e. The molecule has 1 amide bonds. The zero-order valence-corrected chi connectivity index (χ0v) is 19.3. The molecule has 0 radical (unpaired) electrons. The van der Waals surface area contributed by atoms with Gasteiger partial charge in [0.05, 0.1) is 6.20 Å². The first-order valence-corrected chi connectivity index (χ1v) is 11.7. The SMILES string of the molecule is CCCCC(Oc1cccc(O)c1C(=O)N(C)C)c1ccc(O)c(N2C=C(O)NS2(=O)=O)c1. The lowest BCUT2D eigenvalue weighted by Crippen LogP contribution is -2.29. The minimum absolute atomic E-state index is 0.0159. The van der Waals surface area contributed by atoms with Gasteiger partial charge in [-0.3, -0.25) is 4.79 Å². The Balaban J connectivity index is 2.04. The number of rotatable bonds is 8. The fourth-order valence-electron chi connectivity index (χ4n) is 3.40. The minimum Gasteiger partial charge on any atom is -0.507 e. The van der Waals surface area contributed by atoms with Gasteiger partial charge in [-0.15, -0.1) is 0 Å². The van der Waals surface area contributed by atoms with E-state index in [0.29, 0.717) is 12.0 Å². The summed E-state index contributed by atoms with van der Waals surface area (Å²) in [5.41, 5.74) is 0.481. The van der Waals surface area contributed by atoms with E-state index in [0.717, 1.165) is 23.3 Å². The lowest BCUT2D eigenvalue weighted by atomic mass is 10.0. The van der Waals surface area contributed by atoms with E-state index in [1.165, 1.54) is 23.1 Å². The summed E-state index contributed by atoms with van der Waals surface area (Å²) in [4.78, 5) is 14.0. The second-order valence-electron chi connectivity index (χ2n) is 7.76. The highest BCUT2D eigenvalue weighted by atomic mass is 32.2. The van der Waals surface area contributed by atoms with E-state index in [2.05, 4.69) is 0 Å². The van der Waals surface area contributed by atoms with Gasteiger partial charge in [-0.1, -0.05) is 25.5 Å².